The van der Waals surface area contributed by atoms with Crippen LogP contribution in [0, 0.1) is 6.92 Å². The first-order chi connectivity index (χ1) is 5.34. The van der Waals surface area contributed by atoms with Gasteiger partial charge in [-0.3, -0.25) is 4.79 Å². The lowest BCUT2D eigenvalue weighted by Crippen LogP contribution is -2.21. The van der Waals surface area contributed by atoms with Gasteiger partial charge in [0.25, 0.3) is 0 Å². The van der Waals surface area contributed by atoms with Crippen LogP contribution in [0.2, 0.25) is 0 Å². The van der Waals surface area contributed by atoms with Crippen LogP contribution in [0.25, 0.3) is 0 Å². The summed E-state index contributed by atoms with van der Waals surface area (Å²) in [6.07, 6.45) is 0. The molecule has 0 unspecified atom stereocenters. The standard InChI is InChI=1S/C9H15NOS/c1-6-7(9(2,3)4)10(5)8(11)12-6/h1-5H3. The summed E-state index contributed by atoms with van der Waals surface area (Å²) in [5.74, 6) is 0. The van der Waals surface area contributed by atoms with Crippen LogP contribution >= 0.6 is 11.3 Å². The molecule has 0 aromatic carbocycles. The van der Waals surface area contributed by atoms with Crippen LogP contribution in [-0.4, -0.2) is 4.57 Å². The van der Waals surface area contributed by atoms with Crippen molar-refractivity contribution in [3.63, 3.8) is 0 Å². The van der Waals surface area contributed by atoms with E-state index in [1.807, 2.05) is 14.0 Å². The first kappa shape index (κ1) is 9.52. The normalized spacial score (nSPS) is 12.1. The lowest BCUT2D eigenvalue weighted by Gasteiger charge is -2.19. The maximum absolute atomic E-state index is 11.3. The molecule has 2 nitrogen and oxygen atoms in total. The highest BCUT2D eigenvalue weighted by Crippen LogP contribution is 2.25. The van der Waals surface area contributed by atoms with Gasteiger partial charge in [0.15, 0.2) is 0 Å². The number of aromatic nitrogens is 1. The van der Waals surface area contributed by atoms with E-state index in [1.54, 1.807) is 4.57 Å². The molecule has 0 amide bonds. The molecule has 3 heteroatoms. The molecule has 0 radical (unpaired) electrons. The Morgan fingerprint density at radius 1 is 1.33 bits per heavy atom. The van der Waals surface area contributed by atoms with Gasteiger partial charge in [0, 0.05) is 23.0 Å². The number of hydrogen-bond donors (Lipinski definition) is 0. The molecule has 1 aromatic rings. The summed E-state index contributed by atoms with van der Waals surface area (Å²) < 4.78 is 1.75. The Labute approximate surface area is 76.9 Å². The predicted molar refractivity (Wildman–Crippen MR) is 53.0 cm³/mol. The minimum atomic E-state index is 0.0675. The van der Waals surface area contributed by atoms with Crippen molar-refractivity contribution >= 4 is 11.3 Å². The van der Waals surface area contributed by atoms with Crippen LogP contribution in [-0.2, 0) is 12.5 Å². The molecule has 68 valence electrons. The van der Waals surface area contributed by atoms with Crippen LogP contribution in [0.1, 0.15) is 31.3 Å². The van der Waals surface area contributed by atoms with Gasteiger partial charge in [-0.1, -0.05) is 32.1 Å². The maximum atomic E-state index is 11.3. The molecular weight excluding hydrogens is 170 g/mol. The highest BCUT2D eigenvalue weighted by atomic mass is 32.1. The van der Waals surface area contributed by atoms with Crippen molar-refractivity contribution in [3.8, 4) is 0 Å². The van der Waals surface area contributed by atoms with Gasteiger partial charge in [-0.2, -0.15) is 0 Å². The third-order valence-electron chi connectivity index (χ3n) is 1.89. The van der Waals surface area contributed by atoms with E-state index in [0.717, 1.165) is 10.6 Å². The van der Waals surface area contributed by atoms with Gasteiger partial charge in [0.05, 0.1) is 0 Å². The van der Waals surface area contributed by atoms with Gasteiger partial charge in [0.2, 0.25) is 0 Å². The summed E-state index contributed by atoms with van der Waals surface area (Å²) in [7, 11) is 1.84. The second-order valence-corrected chi connectivity index (χ2v) is 5.25. The zero-order chi connectivity index (χ0) is 9.52. The Bertz CT molecular complexity index is 340. The first-order valence-corrected chi connectivity index (χ1v) is 4.82. The molecule has 1 aromatic heterocycles. The average Bonchev–Trinajstić information content (AvgIpc) is 2.05. The largest absolute Gasteiger partial charge is 0.307 e. The van der Waals surface area contributed by atoms with Crippen LogP contribution in [0.4, 0.5) is 0 Å². The third-order valence-corrected chi connectivity index (χ3v) is 2.84. The summed E-state index contributed by atoms with van der Waals surface area (Å²) in [6, 6.07) is 0. The highest BCUT2D eigenvalue weighted by molar-refractivity contribution is 7.09. The molecule has 1 rings (SSSR count). The number of nitrogens with zero attached hydrogens (tertiary/aromatic N) is 1. The zero-order valence-corrected chi connectivity index (χ0v) is 9.08. The van der Waals surface area contributed by atoms with Gasteiger partial charge in [-0.05, 0) is 6.92 Å². The van der Waals surface area contributed by atoms with Crippen LogP contribution in [0.3, 0.4) is 0 Å². The van der Waals surface area contributed by atoms with Gasteiger partial charge < -0.3 is 4.57 Å². The van der Waals surface area contributed by atoms with Crippen molar-refractivity contribution < 1.29 is 0 Å². The summed E-state index contributed by atoms with van der Waals surface area (Å²) in [5.41, 5.74) is 1.22. The highest BCUT2D eigenvalue weighted by Gasteiger charge is 2.21. The molecule has 0 bridgehead atoms. The van der Waals surface area contributed by atoms with Gasteiger partial charge in [0.1, 0.15) is 0 Å². The lowest BCUT2D eigenvalue weighted by molar-refractivity contribution is 0.535. The molecule has 0 spiro atoms. The zero-order valence-electron chi connectivity index (χ0n) is 8.26. The van der Waals surface area contributed by atoms with E-state index in [9.17, 15) is 4.79 Å². The fourth-order valence-electron chi connectivity index (χ4n) is 1.61. The minimum absolute atomic E-state index is 0.0675. The number of rotatable bonds is 0. The first-order valence-electron chi connectivity index (χ1n) is 4.01. The quantitative estimate of drug-likeness (QED) is 0.606. The molecule has 0 aliphatic rings. The smallest absolute Gasteiger partial charge is 0.305 e. The molecule has 12 heavy (non-hydrogen) atoms. The van der Waals surface area contributed by atoms with E-state index < -0.39 is 0 Å². The van der Waals surface area contributed by atoms with Gasteiger partial charge in [-0.15, -0.1) is 0 Å². The van der Waals surface area contributed by atoms with E-state index >= 15 is 0 Å². The van der Waals surface area contributed by atoms with Crippen molar-refractivity contribution in [3.05, 3.63) is 20.2 Å². The molecule has 1 heterocycles. The monoisotopic (exact) mass is 185 g/mol. The Kier molecular flexibility index (Phi) is 2.17. The third kappa shape index (κ3) is 1.46. The second-order valence-electron chi connectivity index (χ2n) is 4.08. The maximum Gasteiger partial charge on any atom is 0.307 e. The SMILES string of the molecule is Cc1sc(=O)n(C)c1C(C)(C)C. The number of aryl methyl sites for hydroxylation is 1. The van der Waals surface area contributed by atoms with Crippen molar-refractivity contribution in [2.24, 2.45) is 7.05 Å². The molecule has 0 saturated heterocycles. The van der Waals surface area contributed by atoms with Crippen LogP contribution in [0.5, 0.6) is 0 Å². The van der Waals surface area contributed by atoms with E-state index in [4.69, 9.17) is 0 Å². The average molecular weight is 185 g/mol. The Hall–Kier alpha value is -0.570. The van der Waals surface area contributed by atoms with E-state index in [-0.39, 0.29) is 10.3 Å². The number of thiazole rings is 1. The lowest BCUT2D eigenvalue weighted by atomic mass is 9.91. The molecular formula is C9H15NOS. The van der Waals surface area contributed by atoms with Crippen LogP contribution < -0.4 is 4.87 Å². The number of hydrogen-bond acceptors (Lipinski definition) is 2. The molecule has 0 saturated carbocycles. The topological polar surface area (TPSA) is 22.0 Å². The minimum Gasteiger partial charge on any atom is -0.305 e. The molecule has 0 fully saturated rings. The predicted octanol–water partition coefficient (Wildman–Crippen LogP) is 2.05. The van der Waals surface area contributed by atoms with Crippen LogP contribution in [0.15, 0.2) is 4.79 Å². The Morgan fingerprint density at radius 3 is 2.00 bits per heavy atom. The van der Waals surface area contributed by atoms with E-state index in [2.05, 4.69) is 20.8 Å². The summed E-state index contributed by atoms with van der Waals surface area (Å²) in [4.78, 5) is 12.6. The second kappa shape index (κ2) is 2.73. The van der Waals surface area contributed by atoms with Gasteiger partial charge in [-0.25, -0.2) is 0 Å². The van der Waals surface area contributed by atoms with Crippen molar-refractivity contribution in [1.29, 1.82) is 0 Å². The molecule has 0 aliphatic heterocycles. The van der Waals surface area contributed by atoms with Gasteiger partial charge >= 0.3 is 4.87 Å². The Balaban J connectivity index is 3.43. The molecule has 0 N–H and O–H groups in total. The van der Waals surface area contributed by atoms with E-state index in [0.29, 0.717) is 0 Å². The Morgan fingerprint density at radius 2 is 1.83 bits per heavy atom. The molecule has 0 atom stereocenters. The summed E-state index contributed by atoms with van der Waals surface area (Å²) >= 11 is 1.33. The fourth-order valence-corrected chi connectivity index (χ4v) is 2.64. The van der Waals surface area contributed by atoms with E-state index in [1.165, 1.54) is 11.3 Å². The summed E-state index contributed by atoms with van der Waals surface area (Å²) in [5, 5.41) is 0. The summed E-state index contributed by atoms with van der Waals surface area (Å²) in [6.45, 7) is 8.39. The molecule has 0 aliphatic carbocycles. The van der Waals surface area contributed by atoms with Crippen molar-refractivity contribution in [1.82, 2.24) is 4.57 Å². The fraction of sp³-hybridized carbons (Fsp3) is 0.667. The van der Waals surface area contributed by atoms with Crippen molar-refractivity contribution in [2.75, 3.05) is 0 Å². The van der Waals surface area contributed by atoms with Crippen molar-refractivity contribution in [2.45, 2.75) is 33.1 Å².